The van der Waals surface area contributed by atoms with Crippen LogP contribution in [0.25, 0.3) is 0 Å². The molecule has 1 fully saturated rings. The summed E-state index contributed by atoms with van der Waals surface area (Å²) in [5.74, 6) is 0.836. The molecule has 2 rings (SSSR count). The van der Waals surface area contributed by atoms with Crippen molar-refractivity contribution in [2.45, 2.75) is 45.4 Å². The number of hydrogen-bond donors (Lipinski definition) is 0. The zero-order valence-electron chi connectivity index (χ0n) is 11.7. The maximum Gasteiger partial charge on any atom is 0.131 e. The van der Waals surface area contributed by atoms with Gasteiger partial charge in [0.1, 0.15) is 12.0 Å². The van der Waals surface area contributed by atoms with Crippen LogP contribution < -0.4 is 4.74 Å². The molecule has 18 heavy (non-hydrogen) atoms. The van der Waals surface area contributed by atoms with Crippen molar-refractivity contribution in [3.63, 3.8) is 0 Å². The number of aldehydes is 1. The highest BCUT2D eigenvalue weighted by molar-refractivity contribution is 5.73. The summed E-state index contributed by atoms with van der Waals surface area (Å²) in [5, 5.41) is 0. The lowest BCUT2D eigenvalue weighted by molar-refractivity contribution is -0.115. The van der Waals surface area contributed by atoms with E-state index in [1.54, 1.807) is 7.11 Å². The smallest absolute Gasteiger partial charge is 0.131 e. The first-order valence-electron chi connectivity index (χ1n) is 6.58. The first-order valence-corrected chi connectivity index (χ1v) is 6.58. The molecule has 0 heterocycles. The fourth-order valence-corrected chi connectivity index (χ4v) is 3.32. The van der Waals surface area contributed by atoms with E-state index in [9.17, 15) is 4.79 Å². The number of hydrogen-bond acceptors (Lipinski definition) is 2. The van der Waals surface area contributed by atoms with Gasteiger partial charge in [-0.25, -0.2) is 0 Å². The molecule has 0 N–H and O–H groups in total. The summed E-state index contributed by atoms with van der Waals surface area (Å²) in [7, 11) is 1.68. The average Bonchev–Trinajstić information content (AvgIpc) is 2.65. The lowest BCUT2D eigenvalue weighted by Crippen LogP contribution is -2.39. The molecule has 1 aromatic rings. The average molecular weight is 246 g/mol. The van der Waals surface area contributed by atoms with Crippen molar-refractivity contribution in [3.8, 4) is 5.75 Å². The zero-order valence-corrected chi connectivity index (χ0v) is 11.7. The summed E-state index contributed by atoms with van der Waals surface area (Å²) in [6.45, 7) is 6.44. The molecule has 1 aromatic carbocycles. The molecule has 2 nitrogen and oxygen atoms in total. The van der Waals surface area contributed by atoms with E-state index in [2.05, 4.69) is 26.8 Å². The van der Waals surface area contributed by atoms with Gasteiger partial charge in [0.05, 0.1) is 12.5 Å². The SMILES string of the molecule is COc1ccc(C)cc1[C@]1(C=O)CCCC1(C)C. The summed E-state index contributed by atoms with van der Waals surface area (Å²) in [4.78, 5) is 11.9. The molecule has 0 aliphatic heterocycles. The first kappa shape index (κ1) is 13.1. The molecule has 98 valence electrons. The highest BCUT2D eigenvalue weighted by Gasteiger charge is 2.51. The van der Waals surface area contributed by atoms with Crippen LogP contribution in [-0.2, 0) is 10.2 Å². The second-order valence-corrected chi connectivity index (χ2v) is 6.03. The maximum absolute atomic E-state index is 11.9. The van der Waals surface area contributed by atoms with E-state index in [1.165, 1.54) is 5.56 Å². The van der Waals surface area contributed by atoms with Gasteiger partial charge in [0.15, 0.2) is 0 Å². The summed E-state index contributed by atoms with van der Waals surface area (Å²) >= 11 is 0. The van der Waals surface area contributed by atoms with Gasteiger partial charge in [-0.05, 0) is 31.2 Å². The molecule has 1 aliphatic rings. The van der Waals surface area contributed by atoms with Crippen LogP contribution in [0, 0.1) is 12.3 Å². The van der Waals surface area contributed by atoms with Gasteiger partial charge in [0, 0.05) is 5.56 Å². The van der Waals surface area contributed by atoms with Crippen molar-refractivity contribution in [1.82, 2.24) is 0 Å². The predicted octanol–water partition coefficient (Wildman–Crippen LogP) is 3.65. The Hall–Kier alpha value is -1.31. The van der Waals surface area contributed by atoms with Crippen LogP contribution in [0.2, 0.25) is 0 Å². The minimum absolute atomic E-state index is 0.00414. The van der Waals surface area contributed by atoms with E-state index in [4.69, 9.17) is 4.74 Å². The van der Waals surface area contributed by atoms with Crippen LogP contribution >= 0.6 is 0 Å². The second-order valence-electron chi connectivity index (χ2n) is 6.03. The standard InChI is InChI=1S/C16H22O2/c1-12-6-7-14(18-4)13(10-12)16(11-17)9-5-8-15(16,2)3/h6-7,10-11H,5,8-9H2,1-4H3/t16-/m1/s1. The normalized spacial score (nSPS) is 26.0. The number of aryl methyl sites for hydroxylation is 1. The topological polar surface area (TPSA) is 26.3 Å². The van der Waals surface area contributed by atoms with Gasteiger partial charge in [-0.15, -0.1) is 0 Å². The number of ether oxygens (including phenoxy) is 1. The highest BCUT2D eigenvalue weighted by atomic mass is 16.5. The predicted molar refractivity (Wildman–Crippen MR) is 73.1 cm³/mol. The number of methoxy groups -OCH3 is 1. The van der Waals surface area contributed by atoms with E-state index >= 15 is 0 Å². The van der Waals surface area contributed by atoms with Crippen LogP contribution in [0.4, 0.5) is 0 Å². The van der Waals surface area contributed by atoms with E-state index < -0.39 is 5.41 Å². The van der Waals surface area contributed by atoms with Crippen LogP contribution in [0.5, 0.6) is 5.75 Å². The van der Waals surface area contributed by atoms with Gasteiger partial charge in [-0.1, -0.05) is 38.0 Å². The van der Waals surface area contributed by atoms with E-state index in [0.717, 1.165) is 36.9 Å². The molecule has 0 saturated heterocycles. The van der Waals surface area contributed by atoms with Crippen molar-refractivity contribution in [2.24, 2.45) is 5.41 Å². The van der Waals surface area contributed by atoms with Gasteiger partial charge < -0.3 is 9.53 Å². The Morgan fingerprint density at radius 2 is 2.00 bits per heavy atom. The first-order chi connectivity index (χ1) is 8.47. The molecule has 1 saturated carbocycles. The fourth-order valence-electron chi connectivity index (χ4n) is 3.32. The summed E-state index contributed by atoms with van der Waals surface area (Å²) in [5.41, 5.74) is 1.83. The Labute approximate surface area is 109 Å². The Morgan fingerprint density at radius 1 is 1.28 bits per heavy atom. The number of carbonyl (C=O) groups excluding carboxylic acids is 1. The summed E-state index contributed by atoms with van der Waals surface area (Å²) < 4.78 is 5.47. The van der Waals surface area contributed by atoms with Crippen LogP contribution in [0.15, 0.2) is 18.2 Å². The molecule has 0 spiro atoms. The molecule has 0 unspecified atom stereocenters. The summed E-state index contributed by atoms with van der Waals surface area (Å²) in [6.07, 6.45) is 4.26. The third-order valence-electron chi connectivity index (χ3n) is 4.62. The van der Waals surface area contributed by atoms with Crippen molar-refractivity contribution in [3.05, 3.63) is 29.3 Å². The Bertz CT molecular complexity index is 462. The van der Waals surface area contributed by atoms with Gasteiger partial charge >= 0.3 is 0 Å². The minimum Gasteiger partial charge on any atom is -0.496 e. The molecule has 1 atom stereocenters. The van der Waals surface area contributed by atoms with Crippen LogP contribution in [0.1, 0.15) is 44.2 Å². The minimum atomic E-state index is -0.398. The lowest BCUT2D eigenvalue weighted by atomic mass is 9.64. The Kier molecular flexibility index (Phi) is 3.22. The largest absolute Gasteiger partial charge is 0.496 e. The number of benzene rings is 1. The number of carbonyl (C=O) groups is 1. The summed E-state index contributed by atoms with van der Waals surface area (Å²) in [6, 6.07) is 6.12. The van der Waals surface area contributed by atoms with Crippen molar-refractivity contribution in [2.75, 3.05) is 7.11 Å². The van der Waals surface area contributed by atoms with E-state index in [-0.39, 0.29) is 5.41 Å². The van der Waals surface area contributed by atoms with Gasteiger partial charge in [0.25, 0.3) is 0 Å². The maximum atomic E-state index is 11.9. The van der Waals surface area contributed by atoms with Gasteiger partial charge in [0.2, 0.25) is 0 Å². The molecule has 2 heteroatoms. The molecular weight excluding hydrogens is 224 g/mol. The van der Waals surface area contributed by atoms with E-state index in [0.29, 0.717) is 0 Å². The second kappa shape index (κ2) is 4.42. The monoisotopic (exact) mass is 246 g/mol. The van der Waals surface area contributed by atoms with Crippen LogP contribution in [-0.4, -0.2) is 13.4 Å². The van der Waals surface area contributed by atoms with E-state index in [1.807, 2.05) is 12.1 Å². The zero-order chi connectivity index (χ0) is 13.4. The van der Waals surface area contributed by atoms with Crippen molar-refractivity contribution in [1.29, 1.82) is 0 Å². The van der Waals surface area contributed by atoms with Crippen molar-refractivity contribution < 1.29 is 9.53 Å². The van der Waals surface area contributed by atoms with Gasteiger partial charge in [-0.2, -0.15) is 0 Å². The number of rotatable bonds is 3. The lowest BCUT2D eigenvalue weighted by Gasteiger charge is -2.38. The molecule has 0 amide bonds. The highest BCUT2D eigenvalue weighted by Crippen LogP contribution is 2.54. The van der Waals surface area contributed by atoms with Crippen molar-refractivity contribution >= 4 is 6.29 Å². The Morgan fingerprint density at radius 3 is 2.50 bits per heavy atom. The molecular formula is C16H22O2. The van der Waals surface area contributed by atoms with Gasteiger partial charge in [-0.3, -0.25) is 0 Å². The Balaban J connectivity index is 2.64. The molecule has 0 aromatic heterocycles. The molecule has 1 aliphatic carbocycles. The molecule has 0 bridgehead atoms. The third-order valence-corrected chi connectivity index (χ3v) is 4.62. The van der Waals surface area contributed by atoms with Crippen LogP contribution in [0.3, 0.4) is 0 Å². The molecule has 0 radical (unpaired) electrons. The fraction of sp³-hybridized carbons (Fsp3) is 0.562. The third kappa shape index (κ3) is 1.75. The quantitative estimate of drug-likeness (QED) is 0.761.